The highest BCUT2D eigenvalue weighted by Crippen LogP contribution is 2.33. The molecule has 2 N–H and O–H groups in total. The molecular formula is C16H24N4O5S. The monoisotopic (exact) mass is 384 g/mol. The molecule has 1 unspecified atom stereocenters. The van der Waals surface area contributed by atoms with Gasteiger partial charge in [-0.15, -0.1) is 0 Å². The van der Waals surface area contributed by atoms with Crippen LogP contribution in [0.15, 0.2) is 18.2 Å². The van der Waals surface area contributed by atoms with Crippen LogP contribution in [0.25, 0.3) is 0 Å². The van der Waals surface area contributed by atoms with E-state index in [-0.39, 0.29) is 25.8 Å². The Morgan fingerprint density at radius 3 is 2.69 bits per heavy atom. The summed E-state index contributed by atoms with van der Waals surface area (Å²) in [5.74, 6) is 0.960. The lowest BCUT2D eigenvalue weighted by Crippen LogP contribution is -2.57. The van der Waals surface area contributed by atoms with Gasteiger partial charge in [-0.3, -0.25) is 9.69 Å². The van der Waals surface area contributed by atoms with Crippen LogP contribution in [-0.4, -0.2) is 74.4 Å². The van der Waals surface area contributed by atoms with E-state index in [1.165, 1.54) is 22.7 Å². The Balaban J connectivity index is 1.75. The van der Waals surface area contributed by atoms with Crippen molar-refractivity contribution in [1.82, 2.24) is 13.5 Å². The van der Waals surface area contributed by atoms with Gasteiger partial charge in [-0.2, -0.15) is 17.0 Å². The van der Waals surface area contributed by atoms with E-state index in [4.69, 9.17) is 15.2 Å². The van der Waals surface area contributed by atoms with Crippen LogP contribution in [0.3, 0.4) is 0 Å². The average molecular weight is 384 g/mol. The Labute approximate surface area is 153 Å². The number of carbonyl (C=O) groups excluding carboxylic acids is 1. The van der Waals surface area contributed by atoms with Crippen LogP contribution in [0.1, 0.15) is 12.0 Å². The number of benzene rings is 1. The highest BCUT2D eigenvalue weighted by molar-refractivity contribution is 7.86. The van der Waals surface area contributed by atoms with Crippen molar-refractivity contribution in [2.75, 3.05) is 40.5 Å². The van der Waals surface area contributed by atoms with Gasteiger partial charge in [0.05, 0.1) is 0 Å². The van der Waals surface area contributed by atoms with Gasteiger partial charge in [-0.05, 0) is 17.7 Å². The van der Waals surface area contributed by atoms with Crippen LogP contribution >= 0.6 is 0 Å². The summed E-state index contributed by atoms with van der Waals surface area (Å²) in [4.78, 5) is 13.6. The van der Waals surface area contributed by atoms with Crippen molar-refractivity contribution in [2.45, 2.75) is 19.0 Å². The number of ether oxygens (including phenoxy) is 2. The number of nitrogens with zero attached hydrogens (tertiary/aromatic N) is 3. The number of hydrogen-bond acceptors (Lipinski definition) is 6. The molecule has 1 aromatic carbocycles. The third-order valence-corrected chi connectivity index (χ3v) is 6.52. The molecule has 144 valence electrons. The maximum atomic E-state index is 12.4. The summed E-state index contributed by atoms with van der Waals surface area (Å²) in [5, 5.41) is 0. The van der Waals surface area contributed by atoms with Crippen LogP contribution in [0.2, 0.25) is 0 Å². The smallest absolute Gasteiger partial charge is 0.281 e. The van der Waals surface area contributed by atoms with Gasteiger partial charge in [-0.25, -0.2) is 0 Å². The summed E-state index contributed by atoms with van der Waals surface area (Å²) in [6.45, 7) is 1.89. The van der Waals surface area contributed by atoms with Crippen LogP contribution in [0, 0.1) is 0 Å². The van der Waals surface area contributed by atoms with Crippen molar-refractivity contribution >= 4 is 16.1 Å². The molecule has 9 nitrogen and oxygen atoms in total. The van der Waals surface area contributed by atoms with Crippen LogP contribution in [0.5, 0.6) is 11.5 Å². The summed E-state index contributed by atoms with van der Waals surface area (Å²) < 4.78 is 38.1. The standard InChI is InChI=1S/C16H24N4O5S/c1-18(2)26(22,23)20-6-5-19(13(10-20)8-16(17)21)9-12-3-4-14-15(7-12)25-11-24-14/h3-4,7,13H,5-6,8-11H2,1-2H3,(H2,17,21). The van der Waals surface area contributed by atoms with Crippen molar-refractivity contribution in [3.8, 4) is 11.5 Å². The fraction of sp³-hybridized carbons (Fsp3) is 0.562. The number of carbonyl (C=O) groups is 1. The molecule has 2 aliphatic rings. The summed E-state index contributed by atoms with van der Waals surface area (Å²) in [6, 6.07) is 5.43. The van der Waals surface area contributed by atoms with Crippen LogP contribution < -0.4 is 15.2 Å². The molecule has 2 heterocycles. The Morgan fingerprint density at radius 2 is 2.00 bits per heavy atom. The molecule has 0 bridgehead atoms. The normalized spacial score (nSPS) is 21.3. The van der Waals surface area contributed by atoms with Gasteiger partial charge in [0.1, 0.15) is 0 Å². The van der Waals surface area contributed by atoms with E-state index >= 15 is 0 Å². The van der Waals surface area contributed by atoms with Gasteiger partial charge in [-0.1, -0.05) is 6.07 Å². The molecule has 0 saturated carbocycles. The van der Waals surface area contributed by atoms with Crippen molar-refractivity contribution in [1.29, 1.82) is 0 Å². The fourth-order valence-electron chi connectivity index (χ4n) is 3.21. The molecule has 3 rings (SSSR count). The van der Waals surface area contributed by atoms with Crippen molar-refractivity contribution in [3.63, 3.8) is 0 Å². The third kappa shape index (κ3) is 3.93. The Kier molecular flexibility index (Phi) is 5.37. The fourth-order valence-corrected chi connectivity index (χ4v) is 4.35. The van der Waals surface area contributed by atoms with Gasteiger partial charge in [0.2, 0.25) is 12.7 Å². The molecule has 1 atom stereocenters. The predicted molar refractivity (Wildman–Crippen MR) is 94.8 cm³/mol. The molecule has 0 aromatic heterocycles. The third-order valence-electron chi connectivity index (χ3n) is 4.61. The maximum Gasteiger partial charge on any atom is 0.281 e. The minimum Gasteiger partial charge on any atom is -0.454 e. The predicted octanol–water partition coefficient (Wildman–Crippen LogP) is -0.417. The van der Waals surface area contributed by atoms with Gasteiger partial charge >= 0.3 is 0 Å². The van der Waals surface area contributed by atoms with E-state index in [9.17, 15) is 13.2 Å². The van der Waals surface area contributed by atoms with Gasteiger partial charge in [0.15, 0.2) is 11.5 Å². The van der Waals surface area contributed by atoms with Gasteiger partial charge in [0, 0.05) is 52.7 Å². The summed E-state index contributed by atoms with van der Waals surface area (Å²) in [5.41, 5.74) is 6.39. The summed E-state index contributed by atoms with van der Waals surface area (Å²) in [7, 11) is -0.527. The zero-order valence-corrected chi connectivity index (χ0v) is 15.7. The number of piperazine rings is 1. The molecule has 1 saturated heterocycles. The number of primary amides is 1. The van der Waals surface area contributed by atoms with Crippen molar-refractivity contribution in [2.24, 2.45) is 5.73 Å². The zero-order chi connectivity index (χ0) is 18.9. The van der Waals surface area contributed by atoms with E-state index < -0.39 is 16.1 Å². The number of nitrogens with two attached hydrogens (primary N) is 1. The van der Waals surface area contributed by atoms with Crippen molar-refractivity contribution in [3.05, 3.63) is 23.8 Å². The highest BCUT2D eigenvalue weighted by atomic mass is 32.2. The molecule has 0 spiro atoms. The molecule has 1 aromatic rings. The highest BCUT2D eigenvalue weighted by Gasteiger charge is 2.35. The first-order valence-corrected chi connectivity index (χ1v) is 9.75. The second-order valence-electron chi connectivity index (χ2n) is 6.63. The maximum absolute atomic E-state index is 12.4. The number of amides is 1. The second kappa shape index (κ2) is 7.39. The Hall–Kier alpha value is -1.88. The Morgan fingerprint density at radius 1 is 1.27 bits per heavy atom. The van der Waals surface area contributed by atoms with Crippen LogP contribution in [0.4, 0.5) is 0 Å². The first-order valence-electron chi connectivity index (χ1n) is 8.36. The lowest BCUT2D eigenvalue weighted by Gasteiger charge is -2.41. The number of rotatable bonds is 6. The molecule has 10 heteroatoms. The summed E-state index contributed by atoms with van der Waals surface area (Å²) in [6.07, 6.45) is 0.101. The van der Waals surface area contributed by atoms with Crippen molar-refractivity contribution < 1.29 is 22.7 Å². The number of fused-ring (bicyclic) bond motifs is 1. The lowest BCUT2D eigenvalue weighted by molar-refractivity contribution is -0.119. The largest absolute Gasteiger partial charge is 0.454 e. The quantitative estimate of drug-likeness (QED) is 0.714. The average Bonchev–Trinajstić information content (AvgIpc) is 3.03. The first kappa shape index (κ1) is 18.9. The summed E-state index contributed by atoms with van der Waals surface area (Å²) >= 11 is 0. The second-order valence-corrected chi connectivity index (χ2v) is 8.77. The molecule has 0 aliphatic carbocycles. The van der Waals surface area contributed by atoms with E-state index in [0.29, 0.717) is 31.1 Å². The lowest BCUT2D eigenvalue weighted by atomic mass is 10.1. The van der Waals surface area contributed by atoms with Gasteiger partial charge < -0.3 is 15.2 Å². The first-order chi connectivity index (χ1) is 12.3. The van der Waals surface area contributed by atoms with E-state index in [1.54, 1.807) is 0 Å². The molecule has 26 heavy (non-hydrogen) atoms. The van der Waals surface area contributed by atoms with E-state index in [1.807, 2.05) is 18.2 Å². The molecular weight excluding hydrogens is 360 g/mol. The topological polar surface area (TPSA) is 105 Å². The number of hydrogen-bond donors (Lipinski definition) is 1. The Bertz CT molecular complexity index is 783. The molecule has 0 radical (unpaired) electrons. The SMILES string of the molecule is CN(C)S(=O)(=O)N1CCN(Cc2ccc3c(c2)OCO3)C(CC(N)=O)C1. The zero-order valence-electron chi connectivity index (χ0n) is 14.9. The minimum absolute atomic E-state index is 0.101. The molecule has 1 amide bonds. The van der Waals surface area contributed by atoms with E-state index in [2.05, 4.69) is 4.90 Å². The molecule has 2 aliphatic heterocycles. The van der Waals surface area contributed by atoms with Gasteiger partial charge in [0.25, 0.3) is 10.2 Å². The molecule has 1 fully saturated rings. The van der Waals surface area contributed by atoms with Crippen LogP contribution in [-0.2, 0) is 21.5 Å². The van der Waals surface area contributed by atoms with E-state index in [0.717, 1.165) is 5.56 Å². The minimum atomic E-state index is -3.52.